The molecule has 0 saturated heterocycles. The Morgan fingerprint density at radius 2 is 2.25 bits per heavy atom. The van der Waals surface area contributed by atoms with Gasteiger partial charge in [0.15, 0.2) is 0 Å². The molecule has 1 rings (SSSR count). The molecule has 0 aromatic rings. The lowest BCUT2D eigenvalue weighted by molar-refractivity contribution is 0.776. The molecule has 0 radical (unpaired) electrons. The van der Waals surface area contributed by atoms with Gasteiger partial charge in [-0.1, -0.05) is 25.8 Å². The summed E-state index contributed by atoms with van der Waals surface area (Å²) < 4.78 is 0. The zero-order valence-electron chi connectivity index (χ0n) is 7.80. The van der Waals surface area contributed by atoms with Gasteiger partial charge in [-0.2, -0.15) is 0 Å². The minimum atomic E-state index is 0.827. The summed E-state index contributed by atoms with van der Waals surface area (Å²) >= 11 is 5.38. The Balaban J connectivity index is 0.000000202. The van der Waals surface area contributed by atoms with E-state index in [0.717, 1.165) is 18.8 Å². The minimum absolute atomic E-state index is 0.827. The fourth-order valence-corrected chi connectivity index (χ4v) is 0.975. The van der Waals surface area contributed by atoms with Crippen LogP contribution in [0.1, 0.15) is 32.6 Å². The van der Waals surface area contributed by atoms with E-state index in [0.29, 0.717) is 0 Å². The summed E-state index contributed by atoms with van der Waals surface area (Å²) in [6.07, 6.45) is 10.8. The highest BCUT2D eigenvalue weighted by Crippen LogP contribution is 1.93. The van der Waals surface area contributed by atoms with Crippen molar-refractivity contribution in [1.82, 2.24) is 0 Å². The average Bonchev–Trinajstić information content (AvgIpc) is 2.18. The van der Waals surface area contributed by atoms with Crippen molar-refractivity contribution < 1.29 is 0 Å². The fourth-order valence-electron chi connectivity index (χ4n) is 0.786. The third-order valence-electron chi connectivity index (χ3n) is 1.49. The lowest BCUT2D eigenvalue weighted by atomic mass is 10.3. The molecular formula is C10H18ClN. The van der Waals surface area contributed by atoms with E-state index in [2.05, 4.69) is 18.0 Å². The van der Waals surface area contributed by atoms with Crippen molar-refractivity contribution in [3.63, 3.8) is 0 Å². The molecule has 0 amide bonds. The maximum Gasteiger partial charge on any atom is 0.0423 e. The topological polar surface area (TPSA) is 12.4 Å². The molecule has 1 aliphatic rings. The van der Waals surface area contributed by atoms with Gasteiger partial charge in [-0.05, 0) is 18.9 Å². The number of hydrogen-bond donors (Lipinski definition) is 0. The fraction of sp³-hybridized carbons (Fsp3) is 0.700. The minimum Gasteiger partial charge on any atom is -0.293 e. The second kappa shape index (κ2) is 10.7. The van der Waals surface area contributed by atoms with Gasteiger partial charge in [-0.25, -0.2) is 0 Å². The molecule has 12 heavy (non-hydrogen) atoms. The van der Waals surface area contributed by atoms with E-state index in [1.807, 2.05) is 12.3 Å². The molecule has 1 nitrogen and oxygen atoms in total. The van der Waals surface area contributed by atoms with Gasteiger partial charge in [0, 0.05) is 18.6 Å². The Bertz CT molecular complexity index is 114. The SMILES string of the molecule is C1=CCCN=C1.CCCCCCl. The Labute approximate surface area is 80.5 Å². The largest absolute Gasteiger partial charge is 0.293 e. The second-order valence-corrected chi connectivity index (χ2v) is 3.05. The molecular weight excluding hydrogens is 170 g/mol. The maximum absolute atomic E-state index is 5.38. The molecule has 1 aliphatic heterocycles. The van der Waals surface area contributed by atoms with E-state index in [-0.39, 0.29) is 0 Å². The molecule has 0 unspecified atom stereocenters. The number of hydrogen-bond acceptors (Lipinski definition) is 1. The summed E-state index contributed by atoms with van der Waals surface area (Å²) in [5.41, 5.74) is 0. The van der Waals surface area contributed by atoms with E-state index in [1.165, 1.54) is 19.3 Å². The molecule has 0 atom stereocenters. The van der Waals surface area contributed by atoms with Gasteiger partial charge < -0.3 is 0 Å². The van der Waals surface area contributed by atoms with Crippen LogP contribution < -0.4 is 0 Å². The molecule has 1 heterocycles. The summed E-state index contributed by atoms with van der Waals surface area (Å²) in [6.45, 7) is 3.16. The van der Waals surface area contributed by atoms with Gasteiger partial charge in [0.1, 0.15) is 0 Å². The third kappa shape index (κ3) is 9.70. The van der Waals surface area contributed by atoms with Crippen LogP contribution in [0, 0.1) is 0 Å². The zero-order chi connectivity index (χ0) is 9.07. The van der Waals surface area contributed by atoms with E-state index in [4.69, 9.17) is 11.6 Å². The van der Waals surface area contributed by atoms with Gasteiger partial charge in [-0.15, -0.1) is 11.6 Å². The van der Waals surface area contributed by atoms with Gasteiger partial charge >= 0.3 is 0 Å². The molecule has 0 aromatic heterocycles. The smallest absolute Gasteiger partial charge is 0.0423 e. The van der Waals surface area contributed by atoms with Crippen LogP contribution in [0.5, 0.6) is 0 Å². The molecule has 2 heteroatoms. The monoisotopic (exact) mass is 187 g/mol. The predicted molar refractivity (Wildman–Crippen MR) is 57.4 cm³/mol. The van der Waals surface area contributed by atoms with Gasteiger partial charge in [0.05, 0.1) is 0 Å². The summed E-state index contributed by atoms with van der Waals surface area (Å²) in [6, 6.07) is 0. The Morgan fingerprint density at radius 3 is 2.42 bits per heavy atom. The molecule has 0 aliphatic carbocycles. The number of allylic oxidation sites excluding steroid dienone is 1. The number of aliphatic imine (C=N–C) groups is 1. The van der Waals surface area contributed by atoms with Crippen LogP contribution in [0.15, 0.2) is 17.1 Å². The standard InChI is InChI=1S/C5H11Cl.C5H7N/c1-2-3-4-5-6;1-2-4-6-5-3-1/h2-5H2,1H3;1-2,4H,3,5H2. The molecule has 0 aromatic carbocycles. The molecule has 0 fully saturated rings. The van der Waals surface area contributed by atoms with Crippen LogP contribution >= 0.6 is 11.6 Å². The number of halogens is 1. The molecule has 0 saturated carbocycles. The highest BCUT2D eigenvalue weighted by atomic mass is 35.5. The van der Waals surface area contributed by atoms with Crippen molar-refractivity contribution in [3.8, 4) is 0 Å². The van der Waals surface area contributed by atoms with Crippen molar-refractivity contribution in [2.75, 3.05) is 12.4 Å². The molecule has 0 N–H and O–H groups in total. The molecule has 0 bridgehead atoms. The van der Waals surface area contributed by atoms with Gasteiger partial charge in [0.25, 0.3) is 0 Å². The van der Waals surface area contributed by atoms with Crippen LogP contribution in [-0.4, -0.2) is 18.6 Å². The Morgan fingerprint density at radius 1 is 1.42 bits per heavy atom. The third-order valence-corrected chi connectivity index (χ3v) is 1.76. The Hall–Kier alpha value is -0.300. The van der Waals surface area contributed by atoms with Crippen LogP contribution in [0.2, 0.25) is 0 Å². The number of dihydropyridines is 1. The van der Waals surface area contributed by atoms with Crippen molar-refractivity contribution in [3.05, 3.63) is 12.2 Å². The summed E-state index contributed by atoms with van der Waals surface area (Å²) in [7, 11) is 0. The van der Waals surface area contributed by atoms with Crippen molar-refractivity contribution in [2.24, 2.45) is 4.99 Å². The average molecular weight is 188 g/mol. The first-order valence-electron chi connectivity index (χ1n) is 4.62. The van der Waals surface area contributed by atoms with Crippen molar-refractivity contribution in [2.45, 2.75) is 32.6 Å². The number of rotatable bonds is 3. The second-order valence-electron chi connectivity index (χ2n) is 2.67. The first-order valence-corrected chi connectivity index (χ1v) is 5.16. The number of nitrogens with zero attached hydrogens (tertiary/aromatic N) is 1. The van der Waals surface area contributed by atoms with E-state index in [9.17, 15) is 0 Å². The Kier molecular flexibility index (Phi) is 10.4. The van der Waals surface area contributed by atoms with E-state index < -0.39 is 0 Å². The number of unbranched alkanes of at least 4 members (excludes halogenated alkanes) is 2. The van der Waals surface area contributed by atoms with E-state index in [1.54, 1.807) is 0 Å². The van der Waals surface area contributed by atoms with Crippen molar-refractivity contribution in [1.29, 1.82) is 0 Å². The lowest BCUT2D eigenvalue weighted by Crippen LogP contribution is -1.81. The maximum atomic E-state index is 5.38. The lowest BCUT2D eigenvalue weighted by Gasteiger charge is -1.88. The quantitative estimate of drug-likeness (QED) is 0.474. The molecule has 0 spiro atoms. The zero-order valence-corrected chi connectivity index (χ0v) is 8.56. The van der Waals surface area contributed by atoms with Crippen LogP contribution in [0.3, 0.4) is 0 Å². The van der Waals surface area contributed by atoms with Crippen molar-refractivity contribution >= 4 is 17.8 Å². The number of alkyl halides is 1. The van der Waals surface area contributed by atoms with Crippen LogP contribution in [0.4, 0.5) is 0 Å². The van der Waals surface area contributed by atoms with Gasteiger partial charge in [0.2, 0.25) is 0 Å². The highest BCUT2D eigenvalue weighted by Gasteiger charge is 1.78. The first kappa shape index (κ1) is 11.7. The first-order chi connectivity index (χ1) is 5.91. The molecule has 70 valence electrons. The normalized spacial score (nSPS) is 13.8. The van der Waals surface area contributed by atoms with Gasteiger partial charge in [-0.3, -0.25) is 4.99 Å². The highest BCUT2D eigenvalue weighted by molar-refractivity contribution is 6.17. The summed E-state index contributed by atoms with van der Waals surface area (Å²) in [5.74, 6) is 0.827. The summed E-state index contributed by atoms with van der Waals surface area (Å²) in [4.78, 5) is 3.97. The van der Waals surface area contributed by atoms with Crippen LogP contribution in [-0.2, 0) is 0 Å². The predicted octanol–water partition coefficient (Wildman–Crippen LogP) is 3.43. The summed E-state index contributed by atoms with van der Waals surface area (Å²) in [5, 5.41) is 0. The van der Waals surface area contributed by atoms with Crippen LogP contribution in [0.25, 0.3) is 0 Å². The van der Waals surface area contributed by atoms with E-state index >= 15 is 0 Å².